The number of hydrogen-bond donors (Lipinski definition) is 0. The number of benzene rings is 1. The Bertz CT molecular complexity index is 289. The van der Waals surface area contributed by atoms with Gasteiger partial charge in [0.2, 0.25) is 0 Å². The minimum atomic E-state index is -2.14. The molecule has 0 heterocycles. The van der Waals surface area contributed by atoms with E-state index < -0.39 is 17.1 Å². The van der Waals surface area contributed by atoms with Crippen LogP contribution in [0.4, 0.5) is 4.39 Å². The van der Waals surface area contributed by atoms with E-state index in [0.29, 0.717) is 5.56 Å². The van der Waals surface area contributed by atoms with Gasteiger partial charge in [0.25, 0.3) is 0 Å². The number of alkyl halides is 1. The van der Waals surface area contributed by atoms with Gasteiger partial charge >= 0.3 is 6.30 Å². The second-order valence-corrected chi connectivity index (χ2v) is 2.68. The number of nitrogens with zero attached hydrogens (tertiary/aromatic N) is 1. The van der Waals surface area contributed by atoms with Crippen molar-refractivity contribution in [1.29, 1.82) is 0 Å². The van der Waals surface area contributed by atoms with Gasteiger partial charge in [0.15, 0.2) is 0 Å². The van der Waals surface area contributed by atoms with Crippen LogP contribution in [0.1, 0.15) is 11.5 Å². The maximum absolute atomic E-state index is 12.8. The van der Waals surface area contributed by atoms with Crippen molar-refractivity contribution in [2.75, 3.05) is 0 Å². The molecule has 0 saturated heterocycles. The zero-order valence-electron chi connectivity index (χ0n) is 6.89. The second kappa shape index (κ2) is 3.98. The van der Waals surface area contributed by atoms with Crippen LogP contribution in [0.2, 0.25) is 0 Å². The monoisotopic (exact) mass is 182 g/mol. The van der Waals surface area contributed by atoms with Gasteiger partial charge in [-0.1, -0.05) is 30.3 Å². The summed E-state index contributed by atoms with van der Waals surface area (Å²) >= 11 is 0. The molecule has 13 heavy (non-hydrogen) atoms. The highest BCUT2D eigenvalue weighted by molar-refractivity contribution is 5.20. The molecule has 69 valence electrons. The third-order valence-corrected chi connectivity index (χ3v) is 1.76. The molecule has 0 aliphatic rings. The van der Waals surface area contributed by atoms with E-state index in [4.69, 9.17) is 0 Å². The van der Waals surface area contributed by atoms with Gasteiger partial charge in [0, 0.05) is 0 Å². The van der Waals surface area contributed by atoms with Gasteiger partial charge < -0.3 is 0 Å². The highest BCUT2D eigenvalue weighted by Gasteiger charge is 2.27. The van der Waals surface area contributed by atoms with Gasteiger partial charge in [-0.3, -0.25) is 10.1 Å². The molecule has 0 aromatic heterocycles. The Kier molecular flexibility index (Phi) is 2.95. The first-order valence-corrected chi connectivity index (χ1v) is 3.78. The molecule has 0 N–H and O–H groups in total. The number of nitro groups is 1. The van der Waals surface area contributed by atoms with Crippen molar-refractivity contribution in [3.8, 4) is 0 Å². The summed E-state index contributed by atoms with van der Waals surface area (Å²) in [7, 11) is 0. The predicted octanol–water partition coefficient (Wildman–Crippen LogP) is 2.18. The van der Waals surface area contributed by atoms with E-state index in [-0.39, 0.29) is 0 Å². The summed E-state index contributed by atoms with van der Waals surface area (Å²) in [5, 5.41) is 10.1. The fourth-order valence-electron chi connectivity index (χ4n) is 1.01. The summed E-state index contributed by atoms with van der Waals surface area (Å²) in [4.78, 5) is 9.14. The zero-order chi connectivity index (χ0) is 9.84. The number of hydrogen-bond acceptors (Lipinski definition) is 2. The lowest BCUT2D eigenvalue weighted by Crippen LogP contribution is -2.20. The van der Waals surface area contributed by atoms with E-state index >= 15 is 0 Å². The summed E-state index contributed by atoms with van der Waals surface area (Å²) in [6.07, 6.45) is -2.14. The molecule has 4 heteroatoms. The van der Waals surface area contributed by atoms with Crippen molar-refractivity contribution >= 4 is 0 Å². The van der Waals surface area contributed by atoms with E-state index in [1.165, 1.54) is 0 Å². The van der Waals surface area contributed by atoms with Crippen LogP contribution in [0.5, 0.6) is 0 Å². The van der Waals surface area contributed by atoms with Crippen LogP contribution in [-0.2, 0) is 0 Å². The van der Waals surface area contributed by atoms with Gasteiger partial charge in [-0.15, -0.1) is 0 Å². The maximum atomic E-state index is 12.8. The van der Waals surface area contributed by atoms with Gasteiger partial charge in [0.05, 0.1) is 10.8 Å². The molecule has 0 fully saturated rings. The van der Waals surface area contributed by atoms with Crippen LogP contribution in [0.25, 0.3) is 0 Å². The molecule has 1 radical (unpaired) electrons. The Morgan fingerprint density at radius 2 is 1.92 bits per heavy atom. The maximum Gasteiger partial charge on any atom is 0.356 e. The summed E-state index contributed by atoms with van der Waals surface area (Å²) in [6, 6.07) is 8.39. The lowest BCUT2D eigenvalue weighted by molar-refractivity contribution is -0.556. The minimum Gasteiger partial charge on any atom is -0.262 e. The zero-order valence-corrected chi connectivity index (χ0v) is 6.89. The van der Waals surface area contributed by atoms with Gasteiger partial charge in [-0.2, -0.15) is 4.39 Å². The van der Waals surface area contributed by atoms with E-state index in [2.05, 4.69) is 6.92 Å². The Labute approximate surface area is 75.3 Å². The summed E-state index contributed by atoms with van der Waals surface area (Å²) in [5.74, 6) is -0.948. The van der Waals surface area contributed by atoms with E-state index in [9.17, 15) is 14.5 Å². The molecule has 0 amide bonds. The Morgan fingerprint density at radius 3 is 2.38 bits per heavy atom. The smallest absolute Gasteiger partial charge is 0.262 e. The molecule has 2 atom stereocenters. The lowest BCUT2D eigenvalue weighted by atomic mass is 10.0. The standard InChI is InChI=1S/C9H9FNO2/c1-7(9(10)11(12)13)8-5-3-2-4-6-8/h2-7,9H,1H2. The highest BCUT2D eigenvalue weighted by atomic mass is 19.1. The highest BCUT2D eigenvalue weighted by Crippen LogP contribution is 2.20. The van der Waals surface area contributed by atoms with Gasteiger partial charge in [0.1, 0.15) is 0 Å². The summed E-state index contributed by atoms with van der Waals surface area (Å²) in [5.41, 5.74) is 0.534. The van der Waals surface area contributed by atoms with Crippen LogP contribution in [-0.4, -0.2) is 11.2 Å². The average Bonchev–Trinajstić information content (AvgIpc) is 2.17. The average molecular weight is 182 g/mol. The van der Waals surface area contributed by atoms with Crippen molar-refractivity contribution in [2.24, 2.45) is 0 Å². The molecule has 0 aliphatic carbocycles. The summed E-state index contributed by atoms with van der Waals surface area (Å²) < 4.78 is 12.8. The van der Waals surface area contributed by atoms with Crippen LogP contribution < -0.4 is 0 Å². The quantitative estimate of drug-likeness (QED) is 0.408. The molecule has 0 aliphatic heterocycles. The van der Waals surface area contributed by atoms with E-state index in [0.717, 1.165) is 0 Å². The second-order valence-electron chi connectivity index (χ2n) is 2.68. The molecule has 1 rings (SSSR count). The third-order valence-electron chi connectivity index (χ3n) is 1.76. The molecular formula is C9H9FNO2. The fourth-order valence-corrected chi connectivity index (χ4v) is 1.01. The molecule has 1 aromatic rings. The number of rotatable bonds is 3. The first-order valence-electron chi connectivity index (χ1n) is 3.78. The summed E-state index contributed by atoms with van der Waals surface area (Å²) in [6.45, 7) is 3.41. The van der Waals surface area contributed by atoms with E-state index in [1.54, 1.807) is 30.3 Å². The van der Waals surface area contributed by atoms with Crippen molar-refractivity contribution in [3.05, 3.63) is 52.9 Å². The molecular weight excluding hydrogens is 173 g/mol. The van der Waals surface area contributed by atoms with Crippen LogP contribution in [0, 0.1) is 17.0 Å². The SMILES string of the molecule is [CH2]C(c1ccccc1)C(F)[N+](=O)[O-]. The molecule has 3 nitrogen and oxygen atoms in total. The molecule has 0 spiro atoms. The molecule has 2 unspecified atom stereocenters. The van der Waals surface area contributed by atoms with Crippen molar-refractivity contribution in [1.82, 2.24) is 0 Å². The van der Waals surface area contributed by atoms with Gasteiger partial charge in [-0.05, 0) is 12.5 Å². The fraction of sp³-hybridized carbons (Fsp3) is 0.222. The first kappa shape index (κ1) is 9.64. The van der Waals surface area contributed by atoms with Crippen LogP contribution in [0.3, 0.4) is 0 Å². The topological polar surface area (TPSA) is 43.1 Å². The van der Waals surface area contributed by atoms with Crippen LogP contribution >= 0.6 is 0 Å². The lowest BCUT2D eigenvalue weighted by Gasteiger charge is -2.09. The molecule has 0 bridgehead atoms. The molecule has 1 aromatic carbocycles. The van der Waals surface area contributed by atoms with Crippen molar-refractivity contribution in [3.63, 3.8) is 0 Å². The van der Waals surface area contributed by atoms with Crippen LogP contribution in [0.15, 0.2) is 30.3 Å². The Morgan fingerprint density at radius 1 is 1.38 bits per heavy atom. The van der Waals surface area contributed by atoms with Gasteiger partial charge in [-0.25, -0.2) is 0 Å². The number of halogens is 1. The normalized spacial score (nSPS) is 14.9. The minimum absolute atomic E-state index is 0.534. The largest absolute Gasteiger partial charge is 0.356 e. The predicted molar refractivity (Wildman–Crippen MR) is 46.4 cm³/mol. The third kappa shape index (κ3) is 2.24. The molecule has 0 saturated carbocycles. The first-order chi connectivity index (χ1) is 6.13. The Hall–Kier alpha value is -1.45. The van der Waals surface area contributed by atoms with E-state index in [1.807, 2.05) is 0 Å². The Balaban J connectivity index is 2.79. The van der Waals surface area contributed by atoms with Crippen molar-refractivity contribution < 1.29 is 9.31 Å². The van der Waals surface area contributed by atoms with Crippen molar-refractivity contribution in [2.45, 2.75) is 12.2 Å².